The molecule has 0 spiro atoms. The number of esters is 1. The Kier molecular flexibility index (Phi) is 12.6. The summed E-state index contributed by atoms with van der Waals surface area (Å²) in [7, 11) is 1.51. The summed E-state index contributed by atoms with van der Waals surface area (Å²) in [5, 5.41) is 0. The molecule has 3 amide bonds. The van der Waals surface area contributed by atoms with Crippen LogP contribution >= 0.6 is 0 Å². The van der Waals surface area contributed by atoms with E-state index in [2.05, 4.69) is 0 Å². The van der Waals surface area contributed by atoms with Crippen molar-refractivity contribution in [2.24, 2.45) is 0 Å². The van der Waals surface area contributed by atoms with Crippen molar-refractivity contribution in [2.75, 3.05) is 39.9 Å². The average Bonchev–Trinajstić information content (AvgIpc) is 3.02. The number of para-hydroxylation sites is 1. The number of carbonyl (C=O) groups is 5. The van der Waals surface area contributed by atoms with E-state index in [-0.39, 0.29) is 50.0 Å². The van der Waals surface area contributed by atoms with Gasteiger partial charge in [-0.3, -0.25) is 19.2 Å². The molecule has 0 radical (unpaired) electrons. The molecule has 0 saturated heterocycles. The molecule has 0 aliphatic heterocycles. The van der Waals surface area contributed by atoms with Gasteiger partial charge >= 0.3 is 5.97 Å². The first-order valence-corrected chi connectivity index (χ1v) is 13.9. The van der Waals surface area contributed by atoms with Crippen LogP contribution in [0.25, 0.3) is 0 Å². The Bertz CT molecular complexity index is 1380. The van der Waals surface area contributed by atoms with Gasteiger partial charge < -0.3 is 24.2 Å². The van der Waals surface area contributed by atoms with Crippen molar-refractivity contribution in [1.29, 1.82) is 0 Å². The molecule has 0 unspecified atom stereocenters. The van der Waals surface area contributed by atoms with E-state index in [1.54, 1.807) is 19.1 Å². The smallest absolute Gasteiger partial charge is 0.331 e. The summed E-state index contributed by atoms with van der Waals surface area (Å²) < 4.78 is 10.5. The van der Waals surface area contributed by atoms with Crippen LogP contribution in [0.3, 0.4) is 0 Å². The molecule has 0 fully saturated rings. The second kappa shape index (κ2) is 16.6. The molecule has 0 aliphatic carbocycles. The molecule has 10 heteroatoms. The lowest BCUT2D eigenvalue weighted by molar-refractivity contribution is -0.148. The van der Waals surface area contributed by atoms with Gasteiger partial charge in [0.05, 0.1) is 24.8 Å². The van der Waals surface area contributed by atoms with Gasteiger partial charge in [-0.1, -0.05) is 72.8 Å². The number of carbonyl (C=O) groups excluding carboxylic acids is 5. The standard InChI is InChI=1S/C33H37N3O7/c1-25(28-14-8-5-9-15-28)36(23-33(41)43-30-17-11-10-16-29(30)24-37)32(40)22-35(20-27-12-6-4-7-13-27)31(39)21-34(26(2)38)18-19-42-3/h4-17,24-25H,18-23H2,1-3H3/t25-/m0/s1. The predicted octanol–water partition coefficient (Wildman–Crippen LogP) is 3.52. The highest BCUT2D eigenvalue weighted by Crippen LogP contribution is 2.22. The summed E-state index contributed by atoms with van der Waals surface area (Å²) in [6.07, 6.45) is 0.585. The fourth-order valence-corrected chi connectivity index (χ4v) is 4.42. The summed E-state index contributed by atoms with van der Waals surface area (Å²) in [6.45, 7) is 2.72. The van der Waals surface area contributed by atoms with Gasteiger partial charge in [-0.05, 0) is 30.2 Å². The Morgan fingerprint density at radius 3 is 2.02 bits per heavy atom. The van der Waals surface area contributed by atoms with E-state index in [9.17, 15) is 24.0 Å². The van der Waals surface area contributed by atoms with Crippen molar-refractivity contribution < 1.29 is 33.4 Å². The highest BCUT2D eigenvalue weighted by Gasteiger charge is 2.29. The van der Waals surface area contributed by atoms with Crippen molar-refractivity contribution >= 4 is 30.0 Å². The van der Waals surface area contributed by atoms with E-state index in [1.807, 2.05) is 60.7 Å². The fraction of sp³-hybridized carbons (Fsp3) is 0.303. The van der Waals surface area contributed by atoms with E-state index < -0.39 is 30.4 Å². The largest absolute Gasteiger partial charge is 0.424 e. The normalized spacial score (nSPS) is 11.2. The number of rotatable bonds is 15. The van der Waals surface area contributed by atoms with Gasteiger partial charge in [-0.15, -0.1) is 0 Å². The van der Waals surface area contributed by atoms with Gasteiger partial charge in [0.15, 0.2) is 6.29 Å². The van der Waals surface area contributed by atoms with Crippen LogP contribution in [-0.4, -0.2) is 84.6 Å². The number of amides is 3. The van der Waals surface area contributed by atoms with Crippen LogP contribution in [0.2, 0.25) is 0 Å². The highest BCUT2D eigenvalue weighted by atomic mass is 16.5. The van der Waals surface area contributed by atoms with Crippen molar-refractivity contribution in [3.05, 3.63) is 102 Å². The summed E-state index contributed by atoms with van der Waals surface area (Å²) in [4.78, 5) is 68.3. The van der Waals surface area contributed by atoms with Crippen molar-refractivity contribution in [2.45, 2.75) is 26.4 Å². The molecule has 3 aromatic rings. The molecule has 226 valence electrons. The Morgan fingerprint density at radius 1 is 0.791 bits per heavy atom. The van der Waals surface area contributed by atoms with Crippen LogP contribution in [0.4, 0.5) is 0 Å². The molecule has 1 atom stereocenters. The van der Waals surface area contributed by atoms with Crippen LogP contribution in [0, 0.1) is 0 Å². The monoisotopic (exact) mass is 587 g/mol. The van der Waals surface area contributed by atoms with Crippen LogP contribution in [0.5, 0.6) is 5.75 Å². The first-order valence-electron chi connectivity index (χ1n) is 13.9. The summed E-state index contributed by atoms with van der Waals surface area (Å²) in [5.41, 5.74) is 1.77. The van der Waals surface area contributed by atoms with Crippen LogP contribution in [-0.2, 0) is 30.5 Å². The number of nitrogens with zero attached hydrogens (tertiary/aromatic N) is 3. The summed E-state index contributed by atoms with van der Waals surface area (Å²) in [6, 6.07) is 24.1. The topological polar surface area (TPSA) is 114 Å². The average molecular weight is 588 g/mol. The summed E-state index contributed by atoms with van der Waals surface area (Å²) >= 11 is 0. The molecule has 0 N–H and O–H groups in total. The minimum atomic E-state index is -0.742. The minimum absolute atomic E-state index is 0.0866. The van der Waals surface area contributed by atoms with Gasteiger partial charge in [0.25, 0.3) is 0 Å². The zero-order valence-electron chi connectivity index (χ0n) is 24.7. The van der Waals surface area contributed by atoms with Gasteiger partial charge in [-0.25, -0.2) is 4.79 Å². The van der Waals surface area contributed by atoms with Gasteiger partial charge in [0.1, 0.15) is 18.8 Å². The van der Waals surface area contributed by atoms with E-state index in [4.69, 9.17) is 9.47 Å². The molecule has 0 heterocycles. The van der Waals surface area contributed by atoms with E-state index >= 15 is 0 Å². The second-order valence-corrected chi connectivity index (χ2v) is 9.91. The lowest BCUT2D eigenvalue weighted by atomic mass is 10.1. The lowest BCUT2D eigenvalue weighted by Gasteiger charge is -2.32. The SMILES string of the molecule is COCCN(CC(=O)N(CC(=O)N(CC(=O)Oc1ccccc1C=O)[C@@H](C)c1ccccc1)Cc1ccccc1)C(C)=O. The third-order valence-electron chi connectivity index (χ3n) is 6.87. The quantitative estimate of drug-likeness (QED) is 0.152. The predicted molar refractivity (Wildman–Crippen MR) is 160 cm³/mol. The van der Waals surface area contributed by atoms with E-state index in [0.29, 0.717) is 6.29 Å². The Balaban J connectivity index is 1.88. The van der Waals surface area contributed by atoms with Crippen molar-refractivity contribution in [3.63, 3.8) is 0 Å². The molecule has 0 saturated carbocycles. The maximum absolute atomic E-state index is 13.9. The van der Waals surface area contributed by atoms with Gasteiger partial charge in [0, 0.05) is 27.1 Å². The summed E-state index contributed by atoms with van der Waals surface area (Å²) in [5.74, 6) is -1.88. The molecule has 10 nitrogen and oxygen atoms in total. The maximum Gasteiger partial charge on any atom is 0.331 e. The highest BCUT2D eigenvalue weighted by molar-refractivity contribution is 5.90. The first-order chi connectivity index (χ1) is 20.7. The first kappa shape index (κ1) is 32.7. The van der Waals surface area contributed by atoms with Gasteiger partial charge in [-0.2, -0.15) is 0 Å². The number of hydrogen-bond donors (Lipinski definition) is 0. The van der Waals surface area contributed by atoms with Crippen LogP contribution < -0.4 is 4.74 Å². The molecule has 0 aliphatic rings. The molecule has 3 rings (SSSR count). The molecule has 3 aromatic carbocycles. The number of methoxy groups -OCH3 is 1. The number of ether oxygens (including phenoxy) is 2. The molecular weight excluding hydrogens is 550 g/mol. The lowest BCUT2D eigenvalue weighted by Crippen LogP contribution is -2.49. The molecule has 0 aromatic heterocycles. The molecular formula is C33H37N3O7. The Labute approximate surface area is 251 Å². The van der Waals surface area contributed by atoms with Crippen LogP contribution in [0.15, 0.2) is 84.9 Å². The minimum Gasteiger partial charge on any atom is -0.424 e. The fourth-order valence-electron chi connectivity index (χ4n) is 4.42. The number of benzene rings is 3. The van der Waals surface area contributed by atoms with E-state index in [1.165, 1.54) is 40.9 Å². The number of aldehydes is 1. The zero-order valence-corrected chi connectivity index (χ0v) is 24.7. The number of hydrogen-bond acceptors (Lipinski definition) is 7. The third-order valence-corrected chi connectivity index (χ3v) is 6.87. The maximum atomic E-state index is 13.9. The third kappa shape index (κ3) is 9.89. The Morgan fingerprint density at radius 2 is 1.40 bits per heavy atom. The molecule has 0 bridgehead atoms. The van der Waals surface area contributed by atoms with Crippen LogP contribution in [0.1, 0.15) is 41.4 Å². The second-order valence-electron chi connectivity index (χ2n) is 9.91. The zero-order chi connectivity index (χ0) is 31.2. The van der Waals surface area contributed by atoms with E-state index in [0.717, 1.165) is 11.1 Å². The van der Waals surface area contributed by atoms with Gasteiger partial charge in [0.2, 0.25) is 17.7 Å². The van der Waals surface area contributed by atoms with Crippen molar-refractivity contribution in [3.8, 4) is 5.75 Å². The van der Waals surface area contributed by atoms with Crippen molar-refractivity contribution in [1.82, 2.24) is 14.7 Å². The molecule has 43 heavy (non-hydrogen) atoms. The Hall–Kier alpha value is -4.83.